The van der Waals surface area contributed by atoms with Crippen molar-refractivity contribution in [2.45, 2.75) is 39.5 Å². The van der Waals surface area contributed by atoms with Gasteiger partial charge in [0.1, 0.15) is 0 Å². The minimum atomic E-state index is -4.42. The van der Waals surface area contributed by atoms with Crippen molar-refractivity contribution in [3.63, 3.8) is 0 Å². The van der Waals surface area contributed by atoms with Crippen LogP contribution >= 0.6 is 0 Å². The van der Waals surface area contributed by atoms with Crippen molar-refractivity contribution in [3.8, 4) is 0 Å². The van der Waals surface area contributed by atoms with Gasteiger partial charge in [-0.15, -0.1) is 13.2 Å². The van der Waals surface area contributed by atoms with Crippen LogP contribution in [0.1, 0.15) is 39.5 Å². The van der Waals surface area contributed by atoms with Gasteiger partial charge in [-0.1, -0.05) is 12.2 Å². The second-order valence-electron chi connectivity index (χ2n) is 4.36. The van der Waals surface area contributed by atoms with Crippen LogP contribution in [-0.4, -0.2) is 32.7 Å². The molecule has 0 aromatic carbocycles. The summed E-state index contributed by atoms with van der Waals surface area (Å²) >= 11 is 0. The van der Waals surface area contributed by atoms with Gasteiger partial charge in [-0.25, -0.2) is 8.42 Å². The first-order valence-electron chi connectivity index (χ1n) is 7.04. The Morgan fingerprint density at radius 2 is 1.80 bits per heavy atom. The van der Waals surface area contributed by atoms with Crippen LogP contribution in [0.15, 0.2) is 25.3 Å². The van der Waals surface area contributed by atoms with Crippen molar-refractivity contribution in [1.29, 1.82) is 0 Å². The molecule has 0 atom stereocenters. The summed E-state index contributed by atoms with van der Waals surface area (Å²) in [5.74, 6) is 0.778. The minimum Gasteiger partial charge on any atom is -0.726 e. The zero-order chi connectivity index (χ0) is 15.9. The molecule has 0 saturated carbocycles. The summed E-state index contributed by atoms with van der Waals surface area (Å²) in [7, 11) is -4.42. The minimum absolute atomic E-state index is 0.0914. The Labute approximate surface area is 124 Å². The lowest BCUT2D eigenvalue weighted by atomic mass is 9.96. The van der Waals surface area contributed by atoms with Gasteiger partial charge in [0.2, 0.25) is 10.4 Å². The van der Waals surface area contributed by atoms with Crippen molar-refractivity contribution in [2.75, 3.05) is 19.7 Å². The Balaban J connectivity index is 0. The number of nitrogens with two attached hydrogens (primary N) is 1. The lowest BCUT2D eigenvalue weighted by Gasteiger charge is -2.11. The first-order chi connectivity index (χ1) is 9.41. The summed E-state index contributed by atoms with van der Waals surface area (Å²) in [6.07, 6.45) is 8.96. The predicted molar refractivity (Wildman–Crippen MR) is 81.0 cm³/mol. The van der Waals surface area contributed by atoms with Gasteiger partial charge < -0.3 is 9.87 Å². The SMILES string of the molecule is C=CCC(CC=C)CCC[NH2+]CC.CCOS(=O)(=O)[O-]. The molecule has 0 aliphatic rings. The van der Waals surface area contributed by atoms with E-state index < -0.39 is 10.4 Å². The third kappa shape index (κ3) is 19.6. The van der Waals surface area contributed by atoms with E-state index in [9.17, 15) is 13.0 Å². The third-order valence-electron chi connectivity index (χ3n) is 2.57. The Bertz CT molecular complexity index is 318. The van der Waals surface area contributed by atoms with E-state index >= 15 is 0 Å². The Morgan fingerprint density at radius 1 is 1.25 bits per heavy atom. The second kappa shape index (κ2) is 14.7. The number of hydrogen-bond donors (Lipinski definition) is 1. The van der Waals surface area contributed by atoms with Crippen LogP contribution in [0.3, 0.4) is 0 Å². The van der Waals surface area contributed by atoms with Crippen LogP contribution in [0, 0.1) is 5.92 Å². The summed E-state index contributed by atoms with van der Waals surface area (Å²) in [6, 6.07) is 0. The number of hydrogen-bond acceptors (Lipinski definition) is 4. The summed E-state index contributed by atoms with van der Waals surface area (Å²) in [5.41, 5.74) is 0. The highest BCUT2D eigenvalue weighted by atomic mass is 32.3. The molecule has 0 aliphatic heterocycles. The van der Waals surface area contributed by atoms with Crippen molar-refractivity contribution in [2.24, 2.45) is 5.92 Å². The topological polar surface area (TPSA) is 83.0 Å². The molecule has 5 nitrogen and oxygen atoms in total. The fourth-order valence-electron chi connectivity index (χ4n) is 1.70. The molecule has 0 rings (SSSR count). The predicted octanol–water partition coefficient (Wildman–Crippen LogP) is 1.60. The second-order valence-corrected chi connectivity index (χ2v) is 5.41. The van der Waals surface area contributed by atoms with Gasteiger partial charge >= 0.3 is 0 Å². The van der Waals surface area contributed by atoms with E-state index in [2.05, 4.69) is 29.6 Å². The van der Waals surface area contributed by atoms with Crippen molar-refractivity contribution < 1.29 is 22.5 Å². The van der Waals surface area contributed by atoms with Crippen molar-refractivity contribution in [3.05, 3.63) is 25.3 Å². The van der Waals surface area contributed by atoms with E-state index in [1.54, 1.807) is 0 Å². The monoisotopic (exact) mass is 307 g/mol. The highest BCUT2D eigenvalue weighted by Gasteiger charge is 2.04. The lowest BCUT2D eigenvalue weighted by Crippen LogP contribution is -2.83. The molecule has 0 heterocycles. The lowest BCUT2D eigenvalue weighted by molar-refractivity contribution is -0.652. The molecule has 0 aliphatic carbocycles. The Morgan fingerprint density at radius 3 is 2.10 bits per heavy atom. The van der Waals surface area contributed by atoms with E-state index in [4.69, 9.17) is 0 Å². The molecular weight excluding hydrogens is 278 g/mol. The van der Waals surface area contributed by atoms with E-state index in [0.29, 0.717) is 0 Å². The van der Waals surface area contributed by atoms with Gasteiger partial charge in [-0.3, -0.25) is 4.18 Å². The summed E-state index contributed by atoms with van der Waals surface area (Å²) in [5, 5.41) is 2.36. The largest absolute Gasteiger partial charge is 0.726 e. The molecule has 0 unspecified atom stereocenters. The van der Waals surface area contributed by atoms with E-state index in [1.807, 2.05) is 12.2 Å². The molecule has 0 radical (unpaired) electrons. The molecular formula is C14H29NO4S. The van der Waals surface area contributed by atoms with E-state index in [0.717, 1.165) is 18.8 Å². The molecule has 0 aromatic rings. The highest BCUT2D eigenvalue weighted by molar-refractivity contribution is 7.80. The smallest absolute Gasteiger partial charge is 0.217 e. The Kier molecular flexibility index (Phi) is 15.9. The average Bonchev–Trinajstić information content (AvgIpc) is 2.34. The summed E-state index contributed by atoms with van der Waals surface area (Å²) in [4.78, 5) is 0. The molecule has 6 heteroatoms. The van der Waals surface area contributed by atoms with E-state index in [-0.39, 0.29) is 6.61 Å². The Hall–Kier alpha value is -0.690. The van der Waals surface area contributed by atoms with E-state index in [1.165, 1.54) is 32.9 Å². The van der Waals surface area contributed by atoms with Gasteiger partial charge in [0.15, 0.2) is 0 Å². The van der Waals surface area contributed by atoms with Crippen LogP contribution in [0.25, 0.3) is 0 Å². The number of quaternary nitrogens is 1. The fourth-order valence-corrected chi connectivity index (χ4v) is 1.99. The van der Waals surface area contributed by atoms with Gasteiger partial charge in [-0.2, -0.15) is 0 Å². The molecule has 120 valence electrons. The fraction of sp³-hybridized carbons (Fsp3) is 0.714. The maximum Gasteiger partial charge on any atom is 0.217 e. The maximum atomic E-state index is 9.45. The maximum absolute atomic E-state index is 9.45. The first-order valence-corrected chi connectivity index (χ1v) is 8.38. The zero-order valence-electron chi connectivity index (χ0n) is 12.7. The number of allylic oxidation sites excluding steroid dienone is 2. The van der Waals surface area contributed by atoms with Crippen LogP contribution in [-0.2, 0) is 14.6 Å². The highest BCUT2D eigenvalue weighted by Crippen LogP contribution is 2.15. The third-order valence-corrected chi connectivity index (χ3v) is 3.10. The molecule has 0 spiro atoms. The van der Waals surface area contributed by atoms with Crippen molar-refractivity contribution in [1.82, 2.24) is 0 Å². The molecule has 0 amide bonds. The standard InChI is InChI=1S/C12H23N.C2H6O4S/c1-4-8-12(9-5-2)10-7-11-13-6-3;1-2-6-7(3,4)5/h4-5,12-13H,1-2,6-11H2,3H3;2H2,1H3,(H,3,4,5). The zero-order valence-corrected chi connectivity index (χ0v) is 13.5. The van der Waals surface area contributed by atoms with Crippen LogP contribution in [0.2, 0.25) is 0 Å². The molecule has 0 aromatic heterocycles. The number of rotatable bonds is 11. The molecule has 0 saturated heterocycles. The van der Waals surface area contributed by atoms with Gasteiger partial charge in [0.25, 0.3) is 0 Å². The molecule has 20 heavy (non-hydrogen) atoms. The molecule has 0 bridgehead atoms. The average molecular weight is 307 g/mol. The summed E-state index contributed by atoms with van der Waals surface area (Å²) < 4.78 is 32.0. The first kappa shape index (κ1) is 21.6. The van der Waals surface area contributed by atoms with Crippen LogP contribution in [0.5, 0.6) is 0 Å². The van der Waals surface area contributed by atoms with Crippen molar-refractivity contribution >= 4 is 10.4 Å². The van der Waals surface area contributed by atoms with Crippen LogP contribution < -0.4 is 5.32 Å². The molecule has 0 fully saturated rings. The van der Waals surface area contributed by atoms with Crippen LogP contribution in [0.4, 0.5) is 0 Å². The van der Waals surface area contributed by atoms with Gasteiger partial charge in [0, 0.05) is 0 Å². The quantitative estimate of drug-likeness (QED) is 0.272. The summed E-state index contributed by atoms with van der Waals surface area (Å²) in [6.45, 7) is 13.6. The van der Waals surface area contributed by atoms with Gasteiger partial charge in [0.05, 0.1) is 19.7 Å². The normalized spacial score (nSPS) is 10.8. The molecule has 2 N–H and O–H groups in total. The van der Waals surface area contributed by atoms with Gasteiger partial charge in [-0.05, 0) is 45.4 Å².